The minimum Gasteiger partial charge on any atom is -0.394 e. The van der Waals surface area contributed by atoms with Crippen LogP contribution in [0.3, 0.4) is 0 Å². The van der Waals surface area contributed by atoms with E-state index in [1.54, 1.807) is 0 Å². The average Bonchev–Trinajstić information content (AvgIpc) is 2.27. The number of aliphatic hydroxyl groups excluding tert-OH is 1. The molecular weight excluding hydrogens is 326 g/mol. The van der Waals surface area contributed by atoms with Crippen molar-refractivity contribution >= 4 is 31.5 Å². The lowest BCUT2D eigenvalue weighted by atomic mass is 10.4. The molecule has 0 saturated heterocycles. The molecule has 1 heterocycles. The van der Waals surface area contributed by atoms with Crippen molar-refractivity contribution in [3.8, 4) is 0 Å². The summed E-state index contributed by atoms with van der Waals surface area (Å²) < 4.78 is 23.3. The summed E-state index contributed by atoms with van der Waals surface area (Å²) in [6.45, 7) is 0.129. The highest BCUT2D eigenvalue weighted by Crippen LogP contribution is 2.15. The maximum atomic E-state index is 11.7. The van der Waals surface area contributed by atoms with Crippen molar-refractivity contribution in [2.75, 3.05) is 30.5 Å². The number of nitrogens with zero attached hydrogens (tertiary/aromatic N) is 2. The van der Waals surface area contributed by atoms with Crippen molar-refractivity contribution in [3.05, 3.63) is 21.0 Å². The molecule has 0 saturated carbocycles. The van der Waals surface area contributed by atoms with Crippen molar-refractivity contribution in [1.82, 2.24) is 9.78 Å². The Bertz CT molecular complexity index is 570. The van der Waals surface area contributed by atoms with Gasteiger partial charge in [-0.05, 0) is 15.9 Å². The van der Waals surface area contributed by atoms with Crippen molar-refractivity contribution in [2.45, 2.75) is 6.54 Å². The fourth-order valence-electron chi connectivity index (χ4n) is 1.21. The SMILES string of the molecule is CS(=O)(=O)CCNc1cnn(CCO)c(=O)c1Br. The summed E-state index contributed by atoms with van der Waals surface area (Å²) >= 11 is 3.11. The summed E-state index contributed by atoms with van der Waals surface area (Å²) in [7, 11) is -3.05. The van der Waals surface area contributed by atoms with E-state index in [9.17, 15) is 13.2 Å². The highest BCUT2D eigenvalue weighted by Gasteiger charge is 2.09. The molecule has 0 aliphatic heterocycles. The number of halogens is 1. The van der Waals surface area contributed by atoms with Crippen LogP contribution in [-0.4, -0.2) is 48.5 Å². The van der Waals surface area contributed by atoms with E-state index in [-0.39, 0.29) is 35.5 Å². The van der Waals surface area contributed by atoms with Gasteiger partial charge in [0, 0.05) is 12.8 Å². The van der Waals surface area contributed by atoms with Gasteiger partial charge in [-0.1, -0.05) is 0 Å². The molecule has 9 heteroatoms. The fourth-order valence-corrected chi connectivity index (χ4v) is 2.13. The minimum absolute atomic E-state index is 0.0286. The van der Waals surface area contributed by atoms with Crippen LogP contribution in [0.4, 0.5) is 5.69 Å². The van der Waals surface area contributed by atoms with Gasteiger partial charge in [0.25, 0.3) is 5.56 Å². The second-order valence-electron chi connectivity index (χ2n) is 3.68. The third-order valence-electron chi connectivity index (χ3n) is 2.08. The van der Waals surface area contributed by atoms with Gasteiger partial charge < -0.3 is 10.4 Å². The van der Waals surface area contributed by atoms with Crippen molar-refractivity contribution in [2.24, 2.45) is 0 Å². The van der Waals surface area contributed by atoms with E-state index >= 15 is 0 Å². The minimum atomic E-state index is -3.05. The first kappa shape index (κ1) is 15.1. The first-order valence-electron chi connectivity index (χ1n) is 5.13. The zero-order valence-electron chi connectivity index (χ0n) is 9.76. The largest absolute Gasteiger partial charge is 0.394 e. The predicted molar refractivity (Wildman–Crippen MR) is 71.5 cm³/mol. The molecule has 0 bridgehead atoms. The second-order valence-corrected chi connectivity index (χ2v) is 6.73. The van der Waals surface area contributed by atoms with E-state index in [1.807, 2.05) is 0 Å². The average molecular weight is 340 g/mol. The number of aromatic nitrogens is 2. The zero-order valence-corrected chi connectivity index (χ0v) is 12.2. The summed E-state index contributed by atoms with van der Waals surface area (Å²) in [4.78, 5) is 11.7. The fraction of sp³-hybridized carbons (Fsp3) is 0.556. The van der Waals surface area contributed by atoms with Crippen LogP contribution in [0.2, 0.25) is 0 Å². The molecular formula is C9H14BrN3O4S. The Kier molecular flexibility index (Phi) is 5.29. The Labute approximate surface area is 113 Å². The van der Waals surface area contributed by atoms with Crippen LogP contribution in [0.1, 0.15) is 0 Å². The molecule has 0 aliphatic rings. The van der Waals surface area contributed by atoms with Gasteiger partial charge in [0.05, 0.1) is 30.8 Å². The predicted octanol–water partition coefficient (Wildman–Crippen LogP) is -0.545. The normalized spacial score (nSPS) is 11.5. The highest BCUT2D eigenvalue weighted by molar-refractivity contribution is 9.10. The smallest absolute Gasteiger partial charge is 0.283 e. The molecule has 0 unspecified atom stereocenters. The summed E-state index contributed by atoms with van der Waals surface area (Å²) in [5.41, 5.74) is 0.0474. The van der Waals surface area contributed by atoms with E-state index in [0.717, 1.165) is 10.9 Å². The Hall–Kier alpha value is -0.930. The Morgan fingerprint density at radius 1 is 1.56 bits per heavy atom. The lowest BCUT2D eigenvalue weighted by molar-refractivity contribution is 0.266. The lowest BCUT2D eigenvalue weighted by Gasteiger charge is -2.09. The van der Waals surface area contributed by atoms with Gasteiger partial charge in [0.2, 0.25) is 0 Å². The molecule has 0 radical (unpaired) electrons. The van der Waals surface area contributed by atoms with Gasteiger partial charge in [-0.3, -0.25) is 4.79 Å². The van der Waals surface area contributed by atoms with E-state index < -0.39 is 9.84 Å². The van der Waals surface area contributed by atoms with E-state index in [1.165, 1.54) is 6.20 Å². The Morgan fingerprint density at radius 2 is 2.22 bits per heavy atom. The summed E-state index contributed by atoms with van der Waals surface area (Å²) in [6, 6.07) is 0. The molecule has 0 fully saturated rings. The molecule has 18 heavy (non-hydrogen) atoms. The maximum Gasteiger partial charge on any atom is 0.283 e. The molecule has 0 aromatic carbocycles. The van der Waals surface area contributed by atoms with Gasteiger partial charge in [-0.15, -0.1) is 0 Å². The quantitative estimate of drug-likeness (QED) is 0.721. The molecule has 1 rings (SSSR count). The number of hydrogen-bond donors (Lipinski definition) is 2. The molecule has 7 nitrogen and oxygen atoms in total. The summed E-state index contributed by atoms with van der Waals surface area (Å²) in [5.74, 6) is -0.0286. The van der Waals surface area contributed by atoms with Crippen LogP contribution < -0.4 is 10.9 Å². The third kappa shape index (κ3) is 4.39. The standard InChI is InChI=1S/C9H14BrN3O4S/c1-18(16,17)5-2-11-7-6-12-13(3-4-14)9(15)8(7)10/h6,11,14H,2-5H2,1H3. The number of aliphatic hydroxyl groups is 1. The van der Waals surface area contributed by atoms with Gasteiger partial charge in [0.15, 0.2) is 0 Å². The number of anilines is 1. The van der Waals surface area contributed by atoms with Crippen LogP contribution in [0.5, 0.6) is 0 Å². The maximum absolute atomic E-state index is 11.7. The number of nitrogens with one attached hydrogen (secondary N) is 1. The third-order valence-corrected chi connectivity index (χ3v) is 3.80. The summed E-state index contributed by atoms with van der Waals surface area (Å²) in [5, 5.41) is 15.4. The monoisotopic (exact) mass is 339 g/mol. The first-order chi connectivity index (χ1) is 8.35. The molecule has 0 atom stereocenters. The molecule has 2 N–H and O–H groups in total. The van der Waals surface area contributed by atoms with Crippen LogP contribution in [0, 0.1) is 0 Å². The van der Waals surface area contributed by atoms with Crippen LogP contribution in [0.25, 0.3) is 0 Å². The Balaban J connectivity index is 2.80. The van der Waals surface area contributed by atoms with Crippen LogP contribution in [-0.2, 0) is 16.4 Å². The van der Waals surface area contributed by atoms with Crippen LogP contribution >= 0.6 is 15.9 Å². The topological polar surface area (TPSA) is 101 Å². The molecule has 0 amide bonds. The summed E-state index contributed by atoms with van der Waals surface area (Å²) in [6.07, 6.45) is 2.55. The van der Waals surface area contributed by atoms with Gasteiger partial charge >= 0.3 is 0 Å². The number of sulfone groups is 1. The first-order valence-corrected chi connectivity index (χ1v) is 7.98. The van der Waals surface area contributed by atoms with Gasteiger partial charge in [-0.2, -0.15) is 5.10 Å². The Morgan fingerprint density at radius 3 is 2.78 bits per heavy atom. The molecule has 102 valence electrons. The van der Waals surface area contributed by atoms with Crippen molar-refractivity contribution in [1.29, 1.82) is 0 Å². The van der Waals surface area contributed by atoms with E-state index in [4.69, 9.17) is 5.11 Å². The second kappa shape index (κ2) is 6.30. The lowest BCUT2D eigenvalue weighted by Crippen LogP contribution is -2.26. The zero-order chi connectivity index (χ0) is 13.8. The van der Waals surface area contributed by atoms with E-state index in [0.29, 0.717) is 5.69 Å². The molecule has 1 aromatic heterocycles. The number of hydrogen-bond acceptors (Lipinski definition) is 6. The van der Waals surface area contributed by atoms with E-state index in [2.05, 4.69) is 26.3 Å². The van der Waals surface area contributed by atoms with Crippen molar-refractivity contribution < 1.29 is 13.5 Å². The molecule has 1 aromatic rings. The van der Waals surface area contributed by atoms with Crippen LogP contribution in [0.15, 0.2) is 15.5 Å². The molecule has 0 aliphatic carbocycles. The highest BCUT2D eigenvalue weighted by atomic mass is 79.9. The van der Waals surface area contributed by atoms with Gasteiger partial charge in [-0.25, -0.2) is 13.1 Å². The van der Waals surface area contributed by atoms with Crippen molar-refractivity contribution in [3.63, 3.8) is 0 Å². The van der Waals surface area contributed by atoms with Gasteiger partial charge in [0.1, 0.15) is 14.3 Å². The number of rotatable bonds is 6. The molecule has 0 spiro atoms.